The Kier molecular flexibility index (Phi) is 6.16. The molecule has 1 atom stereocenters. The zero-order valence-corrected chi connectivity index (χ0v) is 12.8. The third kappa shape index (κ3) is 4.26. The van der Waals surface area contributed by atoms with Gasteiger partial charge in [0.2, 0.25) is 11.8 Å². The van der Waals surface area contributed by atoms with E-state index in [1.807, 2.05) is 0 Å². The minimum atomic E-state index is -0.215. The van der Waals surface area contributed by atoms with Crippen molar-refractivity contribution in [2.75, 3.05) is 34.0 Å². The Bertz CT molecular complexity index is 438. The molecule has 0 spiro atoms. The van der Waals surface area contributed by atoms with Crippen LogP contribution in [0.4, 0.5) is 0 Å². The maximum atomic E-state index is 5.53. The summed E-state index contributed by atoms with van der Waals surface area (Å²) < 4.78 is 21.5. The van der Waals surface area contributed by atoms with Gasteiger partial charge in [-0.3, -0.25) is 0 Å². The molecule has 1 aromatic heterocycles. The van der Waals surface area contributed by atoms with E-state index in [9.17, 15) is 0 Å². The normalized spacial score (nSPS) is 16.9. The van der Waals surface area contributed by atoms with Crippen LogP contribution >= 0.6 is 0 Å². The Morgan fingerprint density at radius 3 is 2.71 bits per heavy atom. The first-order valence-electron chi connectivity index (χ1n) is 7.20. The molecule has 1 fully saturated rings. The van der Waals surface area contributed by atoms with Gasteiger partial charge in [0, 0.05) is 6.42 Å². The third-order valence-corrected chi connectivity index (χ3v) is 3.24. The van der Waals surface area contributed by atoms with Gasteiger partial charge in [0.25, 0.3) is 0 Å². The summed E-state index contributed by atoms with van der Waals surface area (Å²) in [7, 11) is 3.13. The maximum absolute atomic E-state index is 5.53. The van der Waals surface area contributed by atoms with Crippen LogP contribution in [0.3, 0.4) is 0 Å². The molecule has 7 heteroatoms. The smallest absolute Gasteiger partial charge is 0.240 e. The molecule has 7 nitrogen and oxygen atoms in total. The Labute approximate surface area is 125 Å². The fourth-order valence-corrected chi connectivity index (χ4v) is 2.20. The fraction of sp³-hybridized carbons (Fsp3) is 0.714. The van der Waals surface area contributed by atoms with Crippen molar-refractivity contribution in [2.24, 2.45) is 0 Å². The van der Waals surface area contributed by atoms with Crippen molar-refractivity contribution in [1.82, 2.24) is 15.3 Å². The van der Waals surface area contributed by atoms with Gasteiger partial charge < -0.3 is 24.3 Å². The summed E-state index contributed by atoms with van der Waals surface area (Å²) in [6.45, 7) is 4.25. The lowest BCUT2D eigenvalue weighted by Gasteiger charge is -2.22. The number of nitrogens with one attached hydrogen (secondary N) is 1. The molecule has 1 aliphatic rings. The lowest BCUT2D eigenvalue weighted by molar-refractivity contribution is -0.0533. The van der Waals surface area contributed by atoms with Crippen LogP contribution in [-0.2, 0) is 9.47 Å². The quantitative estimate of drug-likeness (QED) is 0.775. The van der Waals surface area contributed by atoms with Crippen LogP contribution in [0.2, 0.25) is 0 Å². The van der Waals surface area contributed by atoms with Gasteiger partial charge in [0.05, 0.1) is 39.7 Å². The fourth-order valence-electron chi connectivity index (χ4n) is 2.20. The Morgan fingerprint density at radius 2 is 2.10 bits per heavy atom. The Hall–Kier alpha value is -1.44. The van der Waals surface area contributed by atoms with Gasteiger partial charge in [-0.25, -0.2) is 4.98 Å². The summed E-state index contributed by atoms with van der Waals surface area (Å²) in [4.78, 5) is 8.71. The van der Waals surface area contributed by atoms with E-state index in [2.05, 4.69) is 22.2 Å². The molecule has 118 valence electrons. The van der Waals surface area contributed by atoms with Crippen molar-refractivity contribution in [3.8, 4) is 11.8 Å². The number of nitrogens with zero attached hydrogens (tertiary/aromatic N) is 2. The summed E-state index contributed by atoms with van der Waals surface area (Å²) in [5.74, 6) is 0.888. The maximum Gasteiger partial charge on any atom is 0.240 e. The van der Waals surface area contributed by atoms with Crippen molar-refractivity contribution in [3.05, 3.63) is 11.9 Å². The van der Waals surface area contributed by atoms with Crippen LogP contribution in [0.25, 0.3) is 0 Å². The molecule has 2 heterocycles. The zero-order chi connectivity index (χ0) is 15.1. The van der Waals surface area contributed by atoms with Crippen molar-refractivity contribution >= 4 is 0 Å². The number of hydrogen-bond acceptors (Lipinski definition) is 7. The molecular formula is C14H23N3O4. The molecule has 0 aliphatic carbocycles. The average molecular weight is 297 g/mol. The van der Waals surface area contributed by atoms with Gasteiger partial charge in [-0.15, -0.1) is 0 Å². The zero-order valence-electron chi connectivity index (χ0n) is 12.8. The van der Waals surface area contributed by atoms with Crippen LogP contribution in [0.15, 0.2) is 6.20 Å². The van der Waals surface area contributed by atoms with Crippen LogP contribution < -0.4 is 14.8 Å². The van der Waals surface area contributed by atoms with Crippen LogP contribution in [0.1, 0.15) is 31.5 Å². The minimum absolute atomic E-state index is 0.0404. The third-order valence-electron chi connectivity index (χ3n) is 3.24. The molecule has 1 aliphatic heterocycles. The minimum Gasteiger partial charge on any atom is -0.480 e. The summed E-state index contributed by atoms with van der Waals surface area (Å²) in [6.07, 6.45) is 3.06. The lowest BCUT2D eigenvalue weighted by Crippen LogP contribution is -2.28. The van der Waals surface area contributed by atoms with Crippen molar-refractivity contribution in [3.63, 3.8) is 0 Å². The van der Waals surface area contributed by atoms with Gasteiger partial charge in [-0.05, 0) is 13.0 Å². The first kappa shape index (κ1) is 15.9. The molecule has 21 heavy (non-hydrogen) atoms. The highest BCUT2D eigenvalue weighted by Gasteiger charge is 2.26. The summed E-state index contributed by atoms with van der Waals surface area (Å²) in [6, 6.07) is -0.0404. The SMILES string of the molecule is CCCNC(CC1OCCO1)c1ncc(OC)nc1OC. The number of hydrogen-bond donors (Lipinski definition) is 1. The summed E-state index contributed by atoms with van der Waals surface area (Å²) >= 11 is 0. The topological polar surface area (TPSA) is 74.7 Å². The second kappa shape index (κ2) is 8.11. The van der Waals surface area contributed by atoms with E-state index in [4.69, 9.17) is 18.9 Å². The van der Waals surface area contributed by atoms with E-state index in [1.54, 1.807) is 20.4 Å². The van der Waals surface area contributed by atoms with Crippen LogP contribution in [0, 0.1) is 0 Å². The lowest BCUT2D eigenvalue weighted by atomic mass is 10.1. The predicted octanol–water partition coefficient (Wildman–Crippen LogP) is 1.30. The molecule has 0 radical (unpaired) electrons. The highest BCUT2D eigenvalue weighted by Crippen LogP contribution is 2.28. The second-order valence-corrected chi connectivity index (χ2v) is 4.72. The van der Waals surface area contributed by atoms with E-state index in [0.29, 0.717) is 31.4 Å². The highest BCUT2D eigenvalue weighted by atomic mass is 16.7. The van der Waals surface area contributed by atoms with Gasteiger partial charge in [0.15, 0.2) is 6.29 Å². The van der Waals surface area contributed by atoms with Gasteiger partial charge >= 0.3 is 0 Å². The molecule has 0 amide bonds. The first-order chi connectivity index (χ1) is 10.3. The summed E-state index contributed by atoms with van der Waals surface area (Å²) in [5, 5.41) is 3.44. The molecule has 1 N–H and O–H groups in total. The molecule has 1 unspecified atom stereocenters. The van der Waals surface area contributed by atoms with Crippen molar-refractivity contribution in [2.45, 2.75) is 32.1 Å². The Morgan fingerprint density at radius 1 is 1.33 bits per heavy atom. The van der Waals surface area contributed by atoms with Crippen molar-refractivity contribution < 1.29 is 18.9 Å². The van der Waals surface area contributed by atoms with Gasteiger partial charge in [-0.1, -0.05) is 6.92 Å². The number of methoxy groups -OCH3 is 2. The van der Waals surface area contributed by atoms with Crippen molar-refractivity contribution in [1.29, 1.82) is 0 Å². The summed E-state index contributed by atoms with van der Waals surface area (Å²) in [5.41, 5.74) is 0.742. The molecule has 0 bridgehead atoms. The molecule has 1 saturated heterocycles. The van der Waals surface area contributed by atoms with E-state index in [0.717, 1.165) is 18.7 Å². The van der Waals surface area contributed by atoms with Crippen LogP contribution in [-0.4, -0.2) is 50.2 Å². The van der Waals surface area contributed by atoms with Crippen LogP contribution in [0.5, 0.6) is 11.8 Å². The molecule has 0 aromatic carbocycles. The van der Waals surface area contributed by atoms with Gasteiger partial charge in [-0.2, -0.15) is 4.98 Å². The van der Waals surface area contributed by atoms with E-state index in [1.165, 1.54) is 0 Å². The number of aromatic nitrogens is 2. The average Bonchev–Trinajstić information content (AvgIpc) is 3.03. The molecule has 2 rings (SSSR count). The molecular weight excluding hydrogens is 274 g/mol. The van der Waals surface area contributed by atoms with E-state index >= 15 is 0 Å². The predicted molar refractivity (Wildman–Crippen MR) is 76.5 cm³/mol. The van der Waals surface area contributed by atoms with E-state index < -0.39 is 0 Å². The Balaban J connectivity index is 2.17. The largest absolute Gasteiger partial charge is 0.480 e. The van der Waals surface area contributed by atoms with Gasteiger partial charge in [0.1, 0.15) is 5.69 Å². The van der Waals surface area contributed by atoms with E-state index in [-0.39, 0.29) is 12.3 Å². The molecule has 1 aromatic rings. The number of ether oxygens (including phenoxy) is 4. The standard InChI is InChI=1S/C14H23N3O4/c1-4-5-15-10(8-12-20-6-7-21-12)13-14(19-3)17-11(18-2)9-16-13/h9-10,12,15H,4-8H2,1-3H3. The number of rotatable bonds is 8. The monoisotopic (exact) mass is 297 g/mol. The second-order valence-electron chi connectivity index (χ2n) is 4.72. The first-order valence-corrected chi connectivity index (χ1v) is 7.20. The highest BCUT2D eigenvalue weighted by molar-refractivity contribution is 5.25. The molecule has 0 saturated carbocycles.